The number of carbonyl (C=O) groups excluding carboxylic acids is 3. The number of amides is 1. The summed E-state index contributed by atoms with van der Waals surface area (Å²) in [6, 6.07) is 9.62. The summed E-state index contributed by atoms with van der Waals surface area (Å²) in [7, 11) is 1.19. The van der Waals surface area contributed by atoms with E-state index >= 15 is 0 Å². The molecule has 1 N–H and O–H groups in total. The summed E-state index contributed by atoms with van der Waals surface area (Å²) in [5.74, 6) is -1.40. The van der Waals surface area contributed by atoms with Gasteiger partial charge in [0, 0.05) is 31.6 Å². The van der Waals surface area contributed by atoms with E-state index in [1.807, 2.05) is 6.92 Å². The summed E-state index contributed by atoms with van der Waals surface area (Å²) < 4.78 is 19.2. The second kappa shape index (κ2) is 11.6. The van der Waals surface area contributed by atoms with Crippen molar-refractivity contribution in [1.29, 1.82) is 0 Å². The molecule has 0 radical (unpaired) electrons. The Kier molecular flexibility index (Phi) is 8.58. The number of aryl methyl sites for hydroxylation is 2. The Balaban J connectivity index is 0.000000251. The van der Waals surface area contributed by atoms with Crippen LogP contribution in [0.15, 0.2) is 54.8 Å². The number of aromatic nitrogens is 2. The van der Waals surface area contributed by atoms with E-state index in [0.29, 0.717) is 33.3 Å². The second-order valence-electron chi connectivity index (χ2n) is 12.6. The minimum atomic E-state index is -2.02. The third kappa shape index (κ3) is 6.35. The van der Waals surface area contributed by atoms with Crippen molar-refractivity contribution in [2.45, 2.75) is 71.3 Å². The van der Waals surface area contributed by atoms with E-state index in [4.69, 9.17) is 13.3 Å². The first kappa shape index (κ1) is 31.9. The van der Waals surface area contributed by atoms with Gasteiger partial charge in [-0.15, -0.1) is 0 Å². The maximum Gasteiger partial charge on any atom is 0.419 e. The fraction of sp³-hybridized carbons (Fsp3) is 0.452. The van der Waals surface area contributed by atoms with E-state index in [0.717, 1.165) is 0 Å². The van der Waals surface area contributed by atoms with Crippen LogP contribution in [0.3, 0.4) is 0 Å². The average Bonchev–Trinajstić information content (AvgIpc) is 3.35. The molecule has 2 aromatic carbocycles. The standard InChI is InChI=1S/C21H30N2O5Si.C10H9NO3/c1-12(28-29(6,7)21(2,3)4)18-14(22-19(18)25)11-16(24)13-8-9-17-15(10-13)23(5)20(26)27-17;1-6(12)7-3-4-9-8(5-7)11(2)10(13)14-9/h8-10,12,14,18H,11H2,1-7H3,(H,22,25);3-5H,1-2H3/t12-,14-,18-;/m1./s1. The van der Waals surface area contributed by atoms with Gasteiger partial charge in [0.05, 0.1) is 29.1 Å². The van der Waals surface area contributed by atoms with Gasteiger partial charge in [-0.05, 0) is 68.4 Å². The lowest BCUT2D eigenvalue weighted by Crippen LogP contribution is -2.64. The number of carbonyl (C=O) groups is 3. The van der Waals surface area contributed by atoms with Crippen molar-refractivity contribution in [3.63, 3.8) is 0 Å². The first-order chi connectivity index (χ1) is 19.9. The molecule has 0 spiro atoms. The molecule has 2 aromatic heterocycles. The molecule has 0 unspecified atom stereocenters. The largest absolute Gasteiger partial charge is 0.419 e. The number of hydrogen-bond donors (Lipinski definition) is 1. The summed E-state index contributed by atoms with van der Waals surface area (Å²) in [6.07, 6.45) is -0.0570. The zero-order chi connectivity index (χ0) is 32.0. The zero-order valence-corrected chi connectivity index (χ0v) is 27.1. The maximum atomic E-state index is 12.8. The minimum absolute atomic E-state index is 0.0273. The van der Waals surface area contributed by atoms with Crippen molar-refractivity contribution in [3.05, 3.63) is 68.6 Å². The van der Waals surface area contributed by atoms with Crippen molar-refractivity contribution >= 4 is 48.0 Å². The Morgan fingerprint density at radius 2 is 1.42 bits per heavy atom. The SMILES string of the molecule is CC(=O)c1ccc2oc(=O)n(C)c2c1.C[C@@H](O[Si](C)(C)C(C)(C)C)[C@H]1C(=O)N[C@@H]1CC(=O)c1ccc2oc(=O)n(C)c2c1. The second-order valence-corrected chi connectivity index (χ2v) is 17.4. The molecule has 43 heavy (non-hydrogen) atoms. The lowest BCUT2D eigenvalue weighted by Gasteiger charge is -2.45. The number of nitrogens with one attached hydrogen (secondary N) is 1. The highest BCUT2D eigenvalue weighted by molar-refractivity contribution is 6.74. The van der Waals surface area contributed by atoms with E-state index in [-0.39, 0.29) is 47.0 Å². The summed E-state index contributed by atoms with van der Waals surface area (Å²) in [6.45, 7) is 14.2. The molecular weight excluding hydrogens is 570 g/mol. The van der Waals surface area contributed by atoms with Crippen LogP contribution in [0.25, 0.3) is 22.2 Å². The molecule has 1 amide bonds. The monoisotopic (exact) mass is 609 g/mol. The third-order valence-electron chi connectivity index (χ3n) is 8.57. The Hall–Kier alpha value is -4.03. The van der Waals surface area contributed by atoms with Gasteiger partial charge in [-0.1, -0.05) is 20.8 Å². The van der Waals surface area contributed by atoms with Gasteiger partial charge in [0.15, 0.2) is 31.0 Å². The van der Waals surface area contributed by atoms with E-state index in [1.54, 1.807) is 50.5 Å². The van der Waals surface area contributed by atoms with Crippen molar-refractivity contribution in [1.82, 2.24) is 14.5 Å². The Morgan fingerprint density at radius 1 is 0.930 bits per heavy atom. The van der Waals surface area contributed by atoms with Crippen LogP contribution in [-0.2, 0) is 23.3 Å². The van der Waals surface area contributed by atoms with Crippen molar-refractivity contribution in [3.8, 4) is 0 Å². The molecule has 230 valence electrons. The summed E-state index contributed by atoms with van der Waals surface area (Å²) >= 11 is 0. The van der Waals surface area contributed by atoms with Crippen molar-refractivity contribution in [2.24, 2.45) is 20.0 Å². The highest BCUT2D eigenvalue weighted by Gasteiger charge is 2.47. The molecule has 1 fully saturated rings. The van der Waals surface area contributed by atoms with Crippen LogP contribution in [-0.4, -0.2) is 47.1 Å². The van der Waals surface area contributed by atoms with Crippen LogP contribution in [0.4, 0.5) is 0 Å². The highest BCUT2D eigenvalue weighted by atomic mass is 28.4. The van der Waals surface area contributed by atoms with Crippen LogP contribution >= 0.6 is 0 Å². The summed E-state index contributed by atoms with van der Waals surface area (Å²) in [5.41, 5.74) is 3.23. The Labute approximate surface area is 249 Å². The summed E-state index contributed by atoms with van der Waals surface area (Å²) in [5, 5.41) is 2.90. The number of benzene rings is 2. The third-order valence-corrected chi connectivity index (χ3v) is 13.1. The van der Waals surface area contributed by atoms with E-state index in [9.17, 15) is 24.0 Å². The number of Topliss-reactive ketones (excluding diaryl/α,β-unsaturated/α-hetero) is 2. The predicted molar refractivity (Wildman–Crippen MR) is 165 cm³/mol. The Morgan fingerprint density at radius 3 is 1.88 bits per heavy atom. The molecule has 0 aliphatic carbocycles. The topological polar surface area (TPSA) is 143 Å². The number of rotatable bonds is 7. The molecule has 3 heterocycles. The van der Waals surface area contributed by atoms with Gasteiger partial charge in [0.2, 0.25) is 5.91 Å². The zero-order valence-electron chi connectivity index (χ0n) is 26.1. The smallest absolute Gasteiger partial charge is 0.413 e. The molecule has 0 saturated carbocycles. The number of β-lactam (4-membered cyclic amide) rings is 1. The molecule has 5 rings (SSSR count). The van der Waals surface area contributed by atoms with Gasteiger partial charge in [0.1, 0.15) is 0 Å². The lowest BCUT2D eigenvalue weighted by atomic mass is 9.82. The number of hydrogen-bond acceptors (Lipinski definition) is 8. The molecular formula is C31H39N3O8Si. The van der Waals surface area contributed by atoms with Gasteiger partial charge in [-0.2, -0.15) is 0 Å². The minimum Gasteiger partial charge on any atom is -0.413 e. The number of ketones is 2. The van der Waals surface area contributed by atoms with Crippen LogP contribution in [0.5, 0.6) is 0 Å². The number of fused-ring (bicyclic) bond motifs is 2. The molecule has 0 bridgehead atoms. The first-order valence-electron chi connectivity index (χ1n) is 14.1. The molecule has 4 aromatic rings. The van der Waals surface area contributed by atoms with Gasteiger partial charge in [-0.3, -0.25) is 23.5 Å². The lowest BCUT2D eigenvalue weighted by molar-refractivity contribution is -0.139. The fourth-order valence-electron chi connectivity index (χ4n) is 4.85. The van der Waals surface area contributed by atoms with Crippen molar-refractivity contribution < 1.29 is 27.6 Å². The first-order valence-corrected chi connectivity index (χ1v) is 17.0. The van der Waals surface area contributed by atoms with Gasteiger partial charge < -0.3 is 18.6 Å². The summed E-state index contributed by atoms with van der Waals surface area (Å²) in [4.78, 5) is 58.9. The van der Waals surface area contributed by atoms with Crippen LogP contribution < -0.4 is 16.8 Å². The molecule has 1 aliphatic rings. The maximum absolute atomic E-state index is 12.8. The van der Waals surface area contributed by atoms with Gasteiger partial charge >= 0.3 is 11.5 Å². The number of nitrogens with zero attached hydrogens (tertiary/aromatic N) is 2. The number of oxazole rings is 2. The van der Waals surface area contributed by atoms with E-state index in [2.05, 4.69) is 39.2 Å². The van der Waals surface area contributed by atoms with Gasteiger partial charge in [-0.25, -0.2) is 9.59 Å². The average molecular weight is 610 g/mol. The van der Waals surface area contributed by atoms with Crippen LogP contribution in [0, 0.1) is 5.92 Å². The van der Waals surface area contributed by atoms with E-state index < -0.39 is 19.8 Å². The van der Waals surface area contributed by atoms with Crippen molar-refractivity contribution in [2.75, 3.05) is 0 Å². The van der Waals surface area contributed by atoms with Crippen LogP contribution in [0.2, 0.25) is 18.1 Å². The molecule has 12 heteroatoms. The molecule has 1 aliphatic heterocycles. The predicted octanol–water partition coefficient (Wildman–Crippen LogP) is 4.56. The van der Waals surface area contributed by atoms with E-state index in [1.165, 1.54) is 16.1 Å². The van der Waals surface area contributed by atoms with Gasteiger partial charge in [0.25, 0.3) is 0 Å². The molecule has 3 atom stereocenters. The van der Waals surface area contributed by atoms with Crippen LogP contribution in [0.1, 0.15) is 61.8 Å². The highest BCUT2D eigenvalue weighted by Crippen LogP contribution is 2.39. The fourth-order valence-corrected chi connectivity index (χ4v) is 6.28. The normalized spacial score (nSPS) is 17.7. The Bertz CT molecular complexity index is 1840. The molecule has 1 saturated heterocycles. The quantitative estimate of drug-likeness (QED) is 0.183. The molecule has 11 nitrogen and oxygen atoms in total.